The zero-order valence-electron chi connectivity index (χ0n) is 23.3. The maximum Gasteiger partial charge on any atom is 0.475 e. The lowest BCUT2D eigenvalue weighted by atomic mass is 9.76. The standard InChI is InChI=1S/C29H40BN5O6/c36-26(19-32-27(37)22-15-14-20-8-4-5-9-21(20)18-22)35-17-7-12-24(35)28(38)34-25(30(40)41)13-6-16-31-29(39)33-23-10-2-1-3-11-23/h4-5,8-9,14-15,18,23-25,40-41H,1-3,6-7,10-13,16-17,19H2,(H,32,37)(H,34,38)(H2,31,33,39)/t24-,25-/m0/s1. The van der Waals surface area contributed by atoms with Crippen LogP contribution in [0.2, 0.25) is 0 Å². The molecule has 1 aliphatic carbocycles. The number of hydrogen-bond acceptors (Lipinski definition) is 6. The Morgan fingerprint density at radius 2 is 1.68 bits per heavy atom. The number of urea groups is 1. The van der Waals surface area contributed by atoms with Gasteiger partial charge in [-0.25, -0.2) is 4.79 Å². The second kappa shape index (κ2) is 14.8. The Bertz CT molecular complexity index is 1220. The van der Waals surface area contributed by atoms with Crippen LogP contribution in [0.1, 0.15) is 68.1 Å². The molecule has 0 unspecified atom stereocenters. The summed E-state index contributed by atoms with van der Waals surface area (Å²) in [5.41, 5.74) is 0.438. The van der Waals surface area contributed by atoms with Crippen LogP contribution in [0.5, 0.6) is 0 Å². The topological polar surface area (TPSA) is 160 Å². The number of carbonyl (C=O) groups is 4. The van der Waals surface area contributed by atoms with Crippen molar-refractivity contribution in [2.75, 3.05) is 19.6 Å². The molecule has 220 valence electrons. The van der Waals surface area contributed by atoms with Gasteiger partial charge in [0.2, 0.25) is 11.8 Å². The van der Waals surface area contributed by atoms with Crippen LogP contribution in [-0.2, 0) is 9.59 Å². The van der Waals surface area contributed by atoms with E-state index in [1.165, 1.54) is 11.3 Å². The van der Waals surface area contributed by atoms with Crippen molar-refractivity contribution in [3.8, 4) is 0 Å². The van der Waals surface area contributed by atoms with Crippen molar-refractivity contribution in [1.82, 2.24) is 26.2 Å². The van der Waals surface area contributed by atoms with Crippen molar-refractivity contribution in [3.05, 3.63) is 48.0 Å². The first-order chi connectivity index (χ1) is 19.8. The predicted octanol–water partition coefficient (Wildman–Crippen LogP) is 1.47. The molecule has 1 heterocycles. The normalized spacial score (nSPS) is 18.0. The average Bonchev–Trinajstić information content (AvgIpc) is 3.48. The first-order valence-corrected chi connectivity index (χ1v) is 14.6. The average molecular weight is 565 g/mol. The molecule has 5 amide bonds. The fourth-order valence-corrected chi connectivity index (χ4v) is 5.61. The quantitative estimate of drug-likeness (QED) is 0.179. The number of carbonyl (C=O) groups excluding carboxylic acids is 4. The van der Waals surface area contributed by atoms with Gasteiger partial charge >= 0.3 is 13.1 Å². The zero-order chi connectivity index (χ0) is 29.2. The van der Waals surface area contributed by atoms with Gasteiger partial charge in [-0.15, -0.1) is 0 Å². The highest BCUT2D eigenvalue weighted by Gasteiger charge is 2.36. The predicted molar refractivity (Wildman–Crippen MR) is 156 cm³/mol. The molecular weight excluding hydrogens is 525 g/mol. The number of rotatable bonds is 11. The van der Waals surface area contributed by atoms with Gasteiger partial charge in [-0.05, 0) is 61.4 Å². The van der Waals surface area contributed by atoms with E-state index in [9.17, 15) is 29.2 Å². The van der Waals surface area contributed by atoms with E-state index in [0.29, 0.717) is 37.9 Å². The van der Waals surface area contributed by atoms with Gasteiger partial charge in [0, 0.05) is 24.7 Å². The summed E-state index contributed by atoms with van der Waals surface area (Å²) in [6.45, 7) is 0.438. The molecule has 11 nitrogen and oxygen atoms in total. The number of benzene rings is 2. The van der Waals surface area contributed by atoms with Gasteiger partial charge in [0.15, 0.2) is 0 Å². The number of nitrogens with zero attached hydrogens (tertiary/aromatic N) is 1. The van der Waals surface area contributed by atoms with Gasteiger partial charge in [-0.2, -0.15) is 0 Å². The molecule has 6 N–H and O–H groups in total. The maximum atomic E-state index is 13.0. The number of hydrogen-bond donors (Lipinski definition) is 6. The largest absolute Gasteiger partial charge is 0.475 e. The first-order valence-electron chi connectivity index (χ1n) is 14.6. The summed E-state index contributed by atoms with van der Waals surface area (Å²) in [5, 5.41) is 32.7. The van der Waals surface area contributed by atoms with Gasteiger partial charge in [-0.1, -0.05) is 49.6 Å². The highest BCUT2D eigenvalue weighted by atomic mass is 16.4. The molecule has 2 aromatic carbocycles. The fraction of sp³-hybridized carbons (Fsp3) is 0.517. The minimum Gasteiger partial charge on any atom is -0.426 e. The van der Waals surface area contributed by atoms with Crippen LogP contribution in [0, 0.1) is 0 Å². The van der Waals surface area contributed by atoms with Crippen molar-refractivity contribution in [2.24, 2.45) is 0 Å². The van der Waals surface area contributed by atoms with E-state index >= 15 is 0 Å². The summed E-state index contributed by atoms with van der Waals surface area (Å²) in [6, 6.07) is 12.2. The third kappa shape index (κ3) is 8.67. The molecule has 1 saturated heterocycles. The third-order valence-electron chi connectivity index (χ3n) is 7.89. The van der Waals surface area contributed by atoms with Crippen LogP contribution >= 0.6 is 0 Å². The Labute approximate surface area is 240 Å². The van der Waals surface area contributed by atoms with Crippen molar-refractivity contribution < 1.29 is 29.2 Å². The number of likely N-dealkylation sites (tertiary alicyclic amines) is 1. The molecule has 0 aromatic heterocycles. The molecule has 12 heteroatoms. The van der Waals surface area contributed by atoms with Crippen LogP contribution in [0.15, 0.2) is 42.5 Å². The monoisotopic (exact) mass is 565 g/mol. The van der Waals surface area contributed by atoms with Crippen molar-refractivity contribution in [3.63, 3.8) is 0 Å². The third-order valence-corrected chi connectivity index (χ3v) is 7.89. The van der Waals surface area contributed by atoms with E-state index in [2.05, 4.69) is 21.3 Å². The van der Waals surface area contributed by atoms with E-state index in [-0.39, 0.29) is 36.9 Å². The molecule has 2 aliphatic rings. The highest BCUT2D eigenvalue weighted by molar-refractivity contribution is 6.43. The summed E-state index contributed by atoms with van der Waals surface area (Å²) in [7, 11) is -1.79. The molecule has 2 aromatic rings. The molecule has 0 bridgehead atoms. The van der Waals surface area contributed by atoms with E-state index in [1.807, 2.05) is 30.3 Å². The van der Waals surface area contributed by atoms with E-state index < -0.39 is 25.0 Å². The molecule has 1 saturated carbocycles. The summed E-state index contributed by atoms with van der Waals surface area (Å²) >= 11 is 0. The van der Waals surface area contributed by atoms with Crippen LogP contribution in [0.25, 0.3) is 10.8 Å². The minimum absolute atomic E-state index is 0.194. The number of fused-ring (bicyclic) bond motifs is 1. The molecule has 2 atom stereocenters. The number of amides is 5. The van der Waals surface area contributed by atoms with Crippen molar-refractivity contribution in [2.45, 2.75) is 75.8 Å². The molecule has 41 heavy (non-hydrogen) atoms. The van der Waals surface area contributed by atoms with E-state index in [4.69, 9.17) is 0 Å². The summed E-state index contributed by atoms with van der Waals surface area (Å²) in [5.74, 6) is -2.19. The minimum atomic E-state index is -1.79. The summed E-state index contributed by atoms with van der Waals surface area (Å²) < 4.78 is 0. The van der Waals surface area contributed by atoms with Crippen LogP contribution < -0.4 is 21.3 Å². The molecule has 2 fully saturated rings. The smallest absolute Gasteiger partial charge is 0.426 e. The Morgan fingerprint density at radius 3 is 2.44 bits per heavy atom. The summed E-state index contributed by atoms with van der Waals surface area (Å²) in [6.07, 6.45) is 7.11. The van der Waals surface area contributed by atoms with Crippen molar-refractivity contribution >= 4 is 41.6 Å². The van der Waals surface area contributed by atoms with Crippen LogP contribution in [-0.4, -0.2) is 83.5 Å². The van der Waals surface area contributed by atoms with E-state index in [0.717, 1.165) is 36.5 Å². The first kappa shape index (κ1) is 30.3. The van der Waals surface area contributed by atoms with Gasteiger partial charge in [0.25, 0.3) is 5.91 Å². The highest BCUT2D eigenvalue weighted by Crippen LogP contribution is 2.19. The molecule has 1 aliphatic heterocycles. The lowest BCUT2D eigenvalue weighted by Crippen LogP contribution is -2.54. The van der Waals surface area contributed by atoms with Gasteiger partial charge in [-0.3, -0.25) is 14.4 Å². The molecule has 4 rings (SSSR count). The van der Waals surface area contributed by atoms with E-state index in [1.54, 1.807) is 12.1 Å². The van der Waals surface area contributed by atoms with Crippen LogP contribution in [0.4, 0.5) is 4.79 Å². The lowest BCUT2D eigenvalue weighted by Gasteiger charge is -2.26. The maximum absolute atomic E-state index is 13.0. The Kier molecular flexibility index (Phi) is 11.0. The van der Waals surface area contributed by atoms with Gasteiger partial charge < -0.3 is 36.2 Å². The number of nitrogens with one attached hydrogen (secondary N) is 4. The molecule has 0 radical (unpaired) electrons. The van der Waals surface area contributed by atoms with Gasteiger partial charge in [0.05, 0.1) is 12.5 Å². The zero-order valence-corrected chi connectivity index (χ0v) is 23.3. The Balaban J connectivity index is 1.21. The fourth-order valence-electron chi connectivity index (χ4n) is 5.61. The van der Waals surface area contributed by atoms with Gasteiger partial charge in [0.1, 0.15) is 6.04 Å². The molecule has 0 spiro atoms. The molecular formula is C29H40BN5O6. The lowest BCUT2D eigenvalue weighted by molar-refractivity contribution is -0.137. The second-order valence-corrected chi connectivity index (χ2v) is 10.9. The Hall–Kier alpha value is -3.64. The Morgan fingerprint density at radius 1 is 0.927 bits per heavy atom. The SMILES string of the molecule is O=C(NCCC[C@H](NC(=O)[C@@H]1CCCN1C(=O)CNC(=O)c1ccc2ccccc2c1)B(O)O)NC1CCCCC1. The second-order valence-electron chi connectivity index (χ2n) is 10.9. The van der Waals surface area contributed by atoms with Crippen LogP contribution in [0.3, 0.4) is 0 Å². The van der Waals surface area contributed by atoms with Crippen molar-refractivity contribution in [1.29, 1.82) is 0 Å². The summed E-state index contributed by atoms with van der Waals surface area (Å²) in [4.78, 5) is 52.2.